The Morgan fingerprint density at radius 3 is 2.58 bits per heavy atom. The molecule has 1 aliphatic carbocycles. The Bertz CT molecular complexity index is 916. The molecule has 0 bridgehead atoms. The Morgan fingerprint density at radius 1 is 1.19 bits per heavy atom. The van der Waals surface area contributed by atoms with E-state index >= 15 is 0 Å². The predicted molar refractivity (Wildman–Crippen MR) is 94.5 cm³/mol. The number of aryl methyl sites for hydroxylation is 1. The van der Waals surface area contributed by atoms with E-state index in [1.807, 2.05) is 6.07 Å². The van der Waals surface area contributed by atoms with Crippen LogP contribution in [0, 0.1) is 0 Å². The fourth-order valence-corrected chi connectivity index (χ4v) is 3.15. The maximum Gasteiger partial charge on any atom is 0.339 e. The fraction of sp³-hybridized carbons (Fsp3) is 0.421. The summed E-state index contributed by atoms with van der Waals surface area (Å²) in [4.78, 5) is 35.0. The topological polar surface area (TPSA) is 106 Å². The Labute approximate surface area is 150 Å². The van der Waals surface area contributed by atoms with Gasteiger partial charge in [-0.1, -0.05) is 0 Å². The van der Waals surface area contributed by atoms with Crippen LogP contribution in [-0.4, -0.2) is 29.1 Å². The summed E-state index contributed by atoms with van der Waals surface area (Å²) in [7, 11) is 0. The number of carboxylic acids is 1. The molecule has 138 valence electrons. The first-order valence-electron chi connectivity index (χ1n) is 8.65. The van der Waals surface area contributed by atoms with Gasteiger partial charge in [0.2, 0.25) is 0 Å². The van der Waals surface area contributed by atoms with Gasteiger partial charge in [-0.2, -0.15) is 0 Å². The lowest BCUT2D eigenvalue weighted by atomic mass is 9.91. The summed E-state index contributed by atoms with van der Waals surface area (Å²) in [5.41, 5.74) is 1.91. The van der Waals surface area contributed by atoms with Crippen molar-refractivity contribution in [3.05, 3.63) is 39.7 Å². The van der Waals surface area contributed by atoms with Gasteiger partial charge < -0.3 is 19.6 Å². The molecule has 1 aromatic carbocycles. The summed E-state index contributed by atoms with van der Waals surface area (Å²) in [5, 5.41) is 12.1. The van der Waals surface area contributed by atoms with Crippen molar-refractivity contribution in [3.8, 4) is 5.75 Å². The summed E-state index contributed by atoms with van der Waals surface area (Å²) in [6.07, 6.45) is 2.74. The molecule has 0 aliphatic heterocycles. The second kappa shape index (κ2) is 7.19. The molecular formula is C19H21NO6. The van der Waals surface area contributed by atoms with Crippen LogP contribution in [0.4, 0.5) is 0 Å². The highest BCUT2D eigenvalue weighted by molar-refractivity contribution is 5.86. The van der Waals surface area contributed by atoms with Crippen LogP contribution in [0.2, 0.25) is 0 Å². The number of hydrogen-bond donors (Lipinski definition) is 2. The molecule has 1 heterocycles. The molecule has 0 unspecified atom stereocenters. The average Bonchev–Trinajstić information content (AvgIpc) is 2.61. The molecule has 7 heteroatoms. The second-order valence-electron chi connectivity index (χ2n) is 6.54. The molecule has 0 fully saturated rings. The highest BCUT2D eigenvalue weighted by Gasteiger charge is 2.21. The van der Waals surface area contributed by atoms with Gasteiger partial charge in [-0.15, -0.1) is 0 Å². The highest BCUT2D eigenvalue weighted by Crippen LogP contribution is 2.29. The van der Waals surface area contributed by atoms with Gasteiger partial charge >= 0.3 is 11.6 Å². The van der Waals surface area contributed by atoms with Gasteiger partial charge in [-0.05, 0) is 57.2 Å². The van der Waals surface area contributed by atoms with Crippen LogP contribution in [0.1, 0.15) is 37.8 Å². The third-order valence-corrected chi connectivity index (χ3v) is 4.61. The molecule has 26 heavy (non-hydrogen) atoms. The van der Waals surface area contributed by atoms with Crippen molar-refractivity contribution in [1.82, 2.24) is 5.32 Å². The van der Waals surface area contributed by atoms with E-state index < -0.39 is 24.0 Å². The summed E-state index contributed by atoms with van der Waals surface area (Å²) >= 11 is 0. The number of rotatable bonds is 5. The molecule has 0 spiro atoms. The van der Waals surface area contributed by atoms with Crippen molar-refractivity contribution in [3.63, 3.8) is 0 Å². The summed E-state index contributed by atoms with van der Waals surface area (Å²) < 4.78 is 11.0. The van der Waals surface area contributed by atoms with Gasteiger partial charge in [0.25, 0.3) is 5.91 Å². The third kappa shape index (κ3) is 3.56. The minimum atomic E-state index is -1.12. The zero-order chi connectivity index (χ0) is 18.8. The first-order chi connectivity index (χ1) is 12.4. The maximum absolute atomic E-state index is 12.2. The van der Waals surface area contributed by atoms with E-state index in [0.29, 0.717) is 11.3 Å². The SMILES string of the molecule is C[C@H](NC(=O)[C@H](C)Oc1ccc2c3c(c(=O)oc2c1)CCCC3)C(=O)O. The summed E-state index contributed by atoms with van der Waals surface area (Å²) in [6, 6.07) is 4.15. The first-order valence-corrected chi connectivity index (χ1v) is 8.65. The van der Waals surface area contributed by atoms with Crippen LogP contribution < -0.4 is 15.7 Å². The van der Waals surface area contributed by atoms with E-state index in [4.69, 9.17) is 14.3 Å². The van der Waals surface area contributed by atoms with Gasteiger partial charge in [0.15, 0.2) is 6.10 Å². The largest absolute Gasteiger partial charge is 0.481 e. The Morgan fingerprint density at radius 2 is 1.88 bits per heavy atom. The van der Waals surface area contributed by atoms with Crippen LogP contribution in [0.25, 0.3) is 11.0 Å². The van der Waals surface area contributed by atoms with Crippen LogP contribution in [0.15, 0.2) is 27.4 Å². The van der Waals surface area contributed by atoms with E-state index in [1.165, 1.54) is 13.8 Å². The van der Waals surface area contributed by atoms with Gasteiger partial charge in [-0.3, -0.25) is 9.59 Å². The smallest absolute Gasteiger partial charge is 0.339 e. The van der Waals surface area contributed by atoms with Crippen molar-refractivity contribution in [2.45, 2.75) is 51.7 Å². The number of fused-ring (bicyclic) bond motifs is 3. The Balaban J connectivity index is 1.82. The fourth-order valence-electron chi connectivity index (χ4n) is 3.15. The summed E-state index contributed by atoms with van der Waals surface area (Å²) in [5.74, 6) is -1.28. The third-order valence-electron chi connectivity index (χ3n) is 4.61. The highest BCUT2D eigenvalue weighted by atomic mass is 16.5. The van der Waals surface area contributed by atoms with E-state index in [9.17, 15) is 14.4 Å². The number of nitrogens with one attached hydrogen (secondary N) is 1. The minimum absolute atomic E-state index is 0.314. The van der Waals surface area contributed by atoms with Crippen molar-refractivity contribution >= 4 is 22.8 Å². The zero-order valence-corrected chi connectivity index (χ0v) is 14.7. The number of carboxylic acid groups (broad SMARTS) is 1. The molecule has 2 N–H and O–H groups in total. The number of amides is 1. The zero-order valence-electron chi connectivity index (χ0n) is 14.7. The molecule has 2 atom stereocenters. The lowest BCUT2D eigenvalue weighted by Gasteiger charge is -2.18. The van der Waals surface area contributed by atoms with Crippen molar-refractivity contribution in [1.29, 1.82) is 0 Å². The summed E-state index contributed by atoms with van der Waals surface area (Å²) in [6.45, 7) is 2.90. The van der Waals surface area contributed by atoms with E-state index in [1.54, 1.807) is 12.1 Å². The lowest BCUT2D eigenvalue weighted by molar-refractivity contribution is -0.142. The number of benzene rings is 1. The number of carbonyl (C=O) groups excluding carboxylic acids is 1. The van der Waals surface area contributed by atoms with E-state index in [-0.39, 0.29) is 5.63 Å². The molecule has 1 aliphatic rings. The van der Waals surface area contributed by atoms with E-state index in [0.717, 1.165) is 42.2 Å². The first kappa shape index (κ1) is 18.0. The van der Waals surface area contributed by atoms with Crippen LogP contribution >= 0.6 is 0 Å². The number of ether oxygens (including phenoxy) is 1. The maximum atomic E-state index is 12.2. The van der Waals surface area contributed by atoms with Gasteiger partial charge in [0, 0.05) is 17.0 Å². The molecule has 7 nitrogen and oxygen atoms in total. The number of aliphatic carboxylic acids is 1. The second-order valence-corrected chi connectivity index (χ2v) is 6.54. The molecule has 1 amide bonds. The molecule has 1 aromatic heterocycles. The van der Waals surface area contributed by atoms with E-state index in [2.05, 4.69) is 5.32 Å². The molecule has 0 saturated heterocycles. The lowest BCUT2D eigenvalue weighted by Crippen LogP contribution is -2.44. The van der Waals surface area contributed by atoms with Crippen LogP contribution in [0.5, 0.6) is 5.75 Å². The van der Waals surface area contributed by atoms with Gasteiger partial charge in [0.05, 0.1) is 0 Å². The van der Waals surface area contributed by atoms with Gasteiger partial charge in [-0.25, -0.2) is 4.79 Å². The molecular weight excluding hydrogens is 338 g/mol. The van der Waals surface area contributed by atoms with Gasteiger partial charge in [0.1, 0.15) is 17.4 Å². The van der Waals surface area contributed by atoms with Crippen molar-refractivity contribution < 1.29 is 23.8 Å². The molecule has 3 rings (SSSR count). The Kier molecular flexibility index (Phi) is 4.97. The van der Waals surface area contributed by atoms with Crippen LogP contribution in [0.3, 0.4) is 0 Å². The average molecular weight is 359 g/mol. The van der Waals surface area contributed by atoms with Crippen molar-refractivity contribution in [2.75, 3.05) is 0 Å². The number of carbonyl (C=O) groups is 2. The van der Waals surface area contributed by atoms with Crippen LogP contribution in [-0.2, 0) is 22.4 Å². The quantitative estimate of drug-likeness (QED) is 0.791. The molecule has 2 aromatic rings. The Hall–Kier alpha value is -2.83. The molecule has 0 radical (unpaired) electrons. The minimum Gasteiger partial charge on any atom is -0.481 e. The molecule has 0 saturated carbocycles. The monoisotopic (exact) mass is 359 g/mol. The predicted octanol–water partition coefficient (Wildman–Crippen LogP) is 2.03. The van der Waals surface area contributed by atoms with Crippen molar-refractivity contribution in [2.24, 2.45) is 0 Å². The standard InChI is InChI=1S/C19H21NO6/c1-10(18(22)23)20-17(21)11(2)25-12-7-8-14-13-5-3-4-6-15(13)19(24)26-16(14)9-12/h7-11H,3-6H2,1-2H3,(H,20,21)(H,22,23)/t10-,11-/m0/s1. The normalized spacial score (nSPS) is 15.8. The number of hydrogen-bond acceptors (Lipinski definition) is 5.